The zero-order valence-electron chi connectivity index (χ0n) is 13.8. The Hall–Kier alpha value is -2.37. The number of amides is 2. The van der Waals surface area contributed by atoms with Crippen LogP contribution in [0.2, 0.25) is 0 Å². The molecule has 3 rings (SSSR count). The van der Waals surface area contributed by atoms with Crippen molar-refractivity contribution in [2.24, 2.45) is 5.41 Å². The number of hydrogen-bond acceptors (Lipinski definition) is 4. The number of nitrogens with one attached hydrogen (secondary N) is 2. The summed E-state index contributed by atoms with van der Waals surface area (Å²) < 4.78 is 4.96. The number of benzene rings is 1. The van der Waals surface area contributed by atoms with E-state index in [2.05, 4.69) is 10.6 Å². The van der Waals surface area contributed by atoms with Crippen LogP contribution in [0.3, 0.4) is 0 Å². The molecule has 0 unspecified atom stereocenters. The maximum atomic E-state index is 12.7. The largest absolute Gasteiger partial charge is 0.462 e. The third kappa shape index (κ3) is 3.27. The van der Waals surface area contributed by atoms with Crippen molar-refractivity contribution in [1.82, 2.24) is 5.32 Å². The SMILES string of the molecule is CCOC(=O)c1cccc(NC(=O)C2(C(=O)NC3CC3)CCC2)c1. The fourth-order valence-corrected chi connectivity index (χ4v) is 2.83. The van der Waals surface area contributed by atoms with Crippen LogP contribution in [0.5, 0.6) is 0 Å². The molecule has 0 atom stereocenters. The zero-order valence-corrected chi connectivity index (χ0v) is 13.8. The van der Waals surface area contributed by atoms with E-state index < -0.39 is 11.4 Å². The van der Waals surface area contributed by atoms with Crippen LogP contribution in [0.4, 0.5) is 5.69 Å². The molecule has 2 N–H and O–H groups in total. The van der Waals surface area contributed by atoms with Gasteiger partial charge in [-0.15, -0.1) is 0 Å². The van der Waals surface area contributed by atoms with E-state index in [9.17, 15) is 14.4 Å². The molecule has 0 aromatic heterocycles. The molecule has 0 bridgehead atoms. The van der Waals surface area contributed by atoms with Crippen LogP contribution in [0, 0.1) is 5.41 Å². The monoisotopic (exact) mass is 330 g/mol. The molecular formula is C18H22N2O4. The minimum atomic E-state index is -0.970. The second-order valence-electron chi connectivity index (χ2n) is 6.44. The highest BCUT2D eigenvalue weighted by Gasteiger charge is 2.51. The van der Waals surface area contributed by atoms with E-state index in [-0.39, 0.29) is 17.9 Å². The van der Waals surface area contributed by atoms with E-state index >= 15 is 0 Å². The predicted octanol–water partition coefficient (Wildman–Crippen LogP) is 2.25. The van der Waals surface area contributed by atoms with Crippen molar-refractivity contribution in [2.75, 3.05) is 11.9 Å². The fraction of sp³-hybridized carbons (Fsp3) is 0.500. The van der Waals surface area contributed by atoms with Crippen LogP contribution in [-0.2, 0) is 14.3 Å². The predicted molar refractivity (Wildman–Crippen MR) is 88.5 cm³/mol. The Morgan fingerprint density at radius 1 is 1.21 bits per heavy atom. The standard InChI is InChI=1S/C18H22N2O4/c1-2-24-15(21)12-5-3-6-14(11-12)20-17(23)18(9-4-10-18)16(22)19-13-7-8-13/h3,5-6,11,13H,2,4,7-10H2,1H3,(H,19,22)(H,20,23). The summed E-state index contributed by atoms with van der Waals surface area (Å²) in [4.78, 5) is 36.9. The zero-order chi connectivity index (χ0) is 17.2. The molecule has 2 aliphatic rings. The second kappa shape index (κ2) is 6.63. The van der Waals surface area contributed by atoms with Crippen LogP contribution in [0.15, 0.2) is 24.3 Å². The lowest BCUT2D eigenvalue weighted by Crippen LogP contribution is -2.53. The summed E-state index contributed by atoms with van der Waals surface area (Å²) in [5, 5.41) is 5.72. The Labute approximate surface area is 140 Å². The normalized spacial score (nSPS) is 18.2. The van der Waals surface area contributed by atoms with Crippen LogP contribution in [0.25, 0.3) is 0 Å². The Morgan fingerprint density at radius 2 is 1.96 bits per heavy atom. The quantitative estimate of drug-likeness (QED) is 0.619. The molecule has 1 aromatic rings. The van der Waals surface area contributed by atoms with Gasteiger partial charge in [-0.2, -0.15) is 0 Å². The highest BCUT2D eigenvalue weighted by molar-refractivity contribution is 6.11. The van der Waals surface area contributed by atoms with Crippen molar-refractivity contribution in [1.29, 1.82) is 0 Å². The molecule has 0 heterocycles. The summed E-state index contributed by atoms with van der Waals surface area (Å²) in [5.74, 6) is -0.901. The number of esters is 1. The van der Waals surface area contributed by atoms with Crippen LogP contribution in [-0.4, -0.2) is 30.4 Å². The second-order valence-corrected chi connectivity index (χ2v) is 6.44. The first kappa shape index (κ1) is 16.5. The molecule has 2 fully saturated rings. The minimum Gasteiger partial charge on any atom is -0.462 e. The van der Waals surface area contributed by atoms with Gasteiger partial charge in [-0.1, -0.05) is 12.5 Å². The van der Waals surface area contributed by atoms with Crippen molar-refractivity contribution < 1.29 is 19.1 Å². The van der Waals surface area contributed by atoms with Crippen molar-refractivity contribution in [2.45, 2.75) is 45.1 Å². The van der Waals surface area contributed by atoms with E-state index in [1.807, 2.05) is 0 Å². The van der Waals surface area contributed by atoms with Crippen LogP contribution < -0.4 is 10.6 Å². The minimum absolute atomic E-state index is 0.171. The highest BCUT2D eigenvalue weighted by atomic mass is 16.5. The van der Waals surface area contributed by atoms with Crippen LogP contribution >= 0.6 is 0 Å². The molecule has 1 aromatic carbocycles. The number of rotatable bonds is 6. The summed E-state index contributed by atoms with van der Waals surface area (Å²) in [7, 11) is 0. The van der Waals surface area contributed by atoms with Crippen molar-refractivity contribution >= 4 is 23.5 Å². The van der Waals surface area contributed by atoms with Gasteiger partial charge in [0.15, 0.2) is 0 Å². The van der Waals surface area contributed by atoms with E-state index in [0.717, 1.165) is 19.3 Å². The van der Waals surface area contributed by atoms with Gasteiger partial charge in [0.1, 0.15) is 5.41 Å². The van der Waals surface area contributed by atoms with Gasteiger partial charge in [-0.3, -0.25) is 9.59 Å². The molecule has 6 heteroatoms. The maximum absolute atomic E-state index is 12.7. The van der Waals surface area contributed by atoms with Crippen molar-refractivity contribution in [3.63, 3.8) is 0 Å². The smallest absolute Gasteiger partial charge is 0.338 e. The average molecular weight is 330 g/mol. The number of carbonyl (C=O) groups excluding carboxylic acids is 3. The molecule has 2 saturated carbocycles. The Kier molecular flexibility index (Phi) is 4.55. The van der Waals surface area contributed by atoms with Gasteiger partial charge >= 0.3 is 5.97 Å². The van der Waals surface area contributed by atoms with Gasteiger partial charge in [-0.05, 0) is 50.8 Å². The molecule has 0 aliphatic heterocycles. The lowest BCUT2D eigenvalue weighted by molar-refractivity contribution is -0.146. The van der Waals surface area contributed by atoms with Gasteiger partial charge in [0.2, 0.25) is 11.8 Å². The third-order valence-electron chi connectivity index (χ3n) is 4.62. The number of carbonyl (C=O) groups is 3. The molecule has 2 aliphatic carbocycles. The first-order valence-electron chi connectivity index (χ1n) is 8.45. The van der Waals surface area contributed by atoms with E-state index in [1.165, 1.54) is 0 Å². The Balaban J connectivity index is 1.70. The Morgan fingerprint density at radius 3 is 2.54 bits per heavy atom. The lowest BCUT2D eigenvalue weighted by Gasteiger charge is -2.38. The van der Waals surface area contributed by atoms with Crippen LogP contribution in [0.1, 0.15) is 49.4 Å². The number of anilines is 1. The summed E-state index contributed by atoms with van der Waals surface area (Å²) in [6.07, 6.45) is 3.98. The summed E-state index contributed by atoms with van der Waals surface area (Å²) >= 11 is 0. The van der Waals surface area contributed by atoms with Crippen molar-refractivity contribution in [3.05, 3.63) is 29.8 Å². The van der Waals surface area contributed by atoms with E-state index in [1.54, 1.807) is 31.2 Å². The lowest BCUT2D eigenvalue weighted by atomic mass is 9.67. The fourth-order valence-electron chi connectivity index (χ4n) is 2.83. The van der Waals surface area contributed by atoms with Gasteiger partial charge in [0.05, 0.1) is 12.2 Å². The average Bonchev–Trinajstić information content (AvgIpc) is 3.30. The molecule has 128 valence electrons. The summed E-state index contributed by atoms with van der Waals surface area (Å²) in [6.45, 7) is 2.03. The topological polar surface area (TPSA) is 84.5 Å². The first-order chi connectivity index (χ1) is 11.5. The molecule has 2 amide bonds. The third-order valence-corrected chi connectivity index (χ3v) is 4.62. The van der Waals surface area contributed by atoms with E-state index in [4.69, 9.17) is 4.74 Å². The van der Waals surface area contributed by atoms with E-state index in [0.29, 0.717) is 30.7 Å². The molecule has 0 saturated heterocycles. The first-order valence-corrected chi connectivity index (χ1v) is 8.45. The van der Waals surface area contributed by atoms with Gasteiger partial charge < -0.3 is 15.4 Å². The molecule has 0 radical (unpaired) electrons. The van der Waals surface area contributed by atoms with Crippen molar-refractivity contribution in [3.8, 4) is 0 Å². The van der Waals surface area contributed by atoms with Gasteiger partial charge in [0.25, 0.3) is 0 Å². The summed E-state index contributed by atoms with van der Waals surface area (Å²) in [5.41, 5.74) is -0.0986. The molecule has 0 spiro atoms. The molecule has 6 nitrogen and oxygen atoms in total. The van der Waals surface area contributed by atoms with Gasteiger partial charge in [0, 0.05) is 11.7 Å². The summed E-state index contributed by atoms with van der Waals surface area (Å²) in [6, 6.07) is 6.81. The maximum Gasteiger partial charge on any atom is 0.338 e. The molecule has 24 heavy (non-hydrogen) atoms. The molecular weight excluding hydrogens is 308 g/mol. The highest BCUT2D eigenvalue weighted by Crippen LogP contribution is 2.43. The number of ether oxygens (including phenoxy) is 1. The van der Waals surface area contributed by atoms with Gasteiger partial charge in [-0.25, -0.2) is 4.79 Å². The number of hydrogen-bond donors (Lipinski definition) is 2. The Bertz CT molecular complexity index is 663.